The zero-order valence-electron chi connectivity index (χ0n) is 15.6. The van der Waals surface area contributed by atoms with Crippen molar-refractivity contribution in [3.05, 3.63) is 32.6 Å². The number of aromatic nitrogens is 2. The molecule has 1 saturated heterocycles. The van der Waals surface area contributed by atoms with Crippen LogP contribution in [0.2, 0.25) is 0 Å². The molecule has 0 N–H and O–H groups in total. The van der Waals surface area contributed by atoms with Crippen LogP contribution < -0.4 is 0 Å². The lowest BCUT2D eigenvalue weighted by Crippen LogP contribution is -2.40. The molecule has 1 fully saturated rings. The van der Waals surface area contributed by atoms with Gasteiger partial charge in [0.25, 0.3) is 5.91 Å². The lowest BCUT2D eigenvalue weighted by Gasteiger charge is -2.26. The van der Waals surface area contributed by atoms with Gasteiger partial charge in [-0.2, -0.15) is 0 Å². The van der Waals surface area contributed by atoms with Gasteiger partial charge in [-0.25, -0.2) is 4.98 Å². The van der Waals surface area contributed by atoms with Crippen molar-refractivity contribution in [3.63, 3.8) is 0 Å². The van der Waals surface area contributed by atoms with E-state index in [2.05, 4.69) is 17.1 Å². The lowest BCUT2D eigenvalue weighted by molar-refractivity contribution is 0.0305. The number of rotatable bonds is 6. The Labute approximate surface area is 157 Å². The minimum absolute atomic E-state index is 0.0488. The monoisotopic (exact) mass is 375 g/mol. The molecule has 2 aromatic heterocycles. The summed E-state index contributed by atoms with van der Waals surface area (Å²) < 4.78 is 10.7. The normalized spacial score (nSPS) is 15.1. The average molecular weight is 375 g/mol. The molecule has 1 aliphatic rings. The van der Waals surface area contributed by atoms with Crippen molar-refractivity contribution < 1.29 is 14.1 Å². The number of hydrogen-bond acceptors (Lipinski definition) is 6. The number of nitrogens with zero attached hydrogens (tertiary/aromatic N) is 3. The third kappa shape index (κ3) is 4.22. The van der Waals surface area contributed by atoms with Crippen LogP contribution in [0.3, 0.4) is 0 Å². The van der Waals surface area contributed by atoms with Gasteiger partial charge in [-0.05, 0) is 38.8 Å². The highest BCUT2D eigenvalue weighted by Gasteiger charge is 2.22. The van der Waals surface area contributed by atoms with E-state index >= 15 is 0 Å². The van der Waals surface area contributed by atoms with Gasteiger partial charge >= 0.3 is 0 Å². The van der Waals surface area contributed by atoms with Crippen LogP contribution in [0.5, 0.6) is 0 Å². The van der Waals surface area contributed by atoms with Gasteiger partial charge < -0.3 is 14.2 Å². The molecule has 0 atom stereocenters. The Morgan fingerprint density at radius 3 is 2.77 bits per heavy atom. The fourth-order valence-electron chi connectivity index (χ4n) is 2.91. The van der Waals surface area contributed by atoms with E-state index in [-0.39, 0.29) is 5.91 Å². The summed E-state index contributed by atoms with van der Waals surface area (Å²) in [4.78, 5) is 19.8. The standard InChI is InChI=1S/C19H25N3O3S/c1-4-5-6-16-15(14(3)25-21-16)7-8-17-20-13(2)18(26-17)19(23)22-9-11-24-12-10-22/h7-8H,4-6,9-12H2,1-3H3/b8-7+. The second-order valence-electron chi connectivity index (χ2n) is 6.41. The Kier molecular flexibility index (Phi) is 6.21. The number of hydrogen-bond donors (Lipinski definition) is 0. The van der Waals surface area contributed by atoms with Crippen LogP contribution in [-0.2, 0) is 11.2 Å². The number of ether oxygens (including phenoxy) is 1. The first-order valence-electron chi connectivity index (χ1n) is 9.07. The van der Waals surface area contributed by atoms with Gasteiger partial charge in [0.2, 0.25) is 0 Å². The van der Waals surface area contributed by atoms with Crippen molar-refractivity contribution in [1.29, 1.82) is 0 Å². The molecule has 0 spiro atoms. The van der Waals surface area contributed by atoms with Gasteiger partial charge in [-0.15, -0.1) is 11.3 Å². The summed E-state index contributed by atoms with van der Waals surface area (Å²) in [6.07, 6.45) is 7.06. The molecule has 0 unspecified atom stereocenters. The molecular formula is C19H25N3O3S. The van der Waals surface area contributed by atoms with Gasteiger partial charge in [-0.3, -0.25) is 4.79 Å². The highest BCUT2D eigenvalue weighted by atomic mass is 32.1. The summed E-state index contributed by atoms with van der Waals surface area (Å²) in [5, 5.41) is 4.98. The van der Waals surface area contributed by atoms with E-state index in [4.69, 9.17) is 9.26 Å². The van der Waals surface area contributed by atoms with Crippen LogP contribution in [0, 0.1) is 13.8 Å². The number of aryl methyl sites for hydroxylation is 3. The van der Waals surface area contributed by atoms with Gasteiger partial charge in [0.15, 0.2) is 0 Å². The van der Waals surface area contributed by atoms with Crippen molar-refractivity contribution in [3.8, 4) is 0 Å². The Morgan fingerprint density at radius 2 is 2.04 bits per heavy atom. The van der Waals surface area contributed by atoms with Gasteiger partial charge in [-0.1, -0.05) is 18.5 Å². The third-order valence-corrected chi connectivity index (χ3v) is 5.56. The van der Waals surface area contributed by atoms with Crippen LogP contribution in [0.25, 0.3) is 12.2 Å². The third-order valence-electron chi connectivity index (χ3n) is 4.45. The zero-order chi connectivity index (χ0) is 18.5. The number of morpholine rings is 1. The molecule has 1 aliphatic heterocycles. The van der Waals surface area contributed by atoms with E-state index in [1.54, 1.807) is 0 Å². The first kappa shape index (κ1) is 18.8. The second kappa shape index (κ2) is 8.60. The number of carbonyl (C=O) groups excluding carboxylic acids is 1. The molecule has 7 heteroatoms. The average Bonchev–Trinajstić information content (AvgIpc) is 3.20. The molecule has 3 heterocycles. The molecule has 2 aromatic rings. The smallest absolute Gasteiger partial charge is 0.266 e. The van der Waals surface area contributed by atoms with E-state index in [1.807, 2.05) is 30.9 Å². The van der Waals surface area contributed by atoms with Gasteiger partial charge in [0.05, 0.1) is 24.6 Å². The highest BCUT2D eigenvalue weighted by molar-refractivity contribution is 7.14. The molecule has 140 valence electrons. The maximum Gasteiger partial charge on any atom is 0.266 e. The maximum atomic E-state index is 12.7. The van der Waals surface area contributed by atoms with E-state index in [0.29, 0.717) is 31.2 Å². The minimum atomic E-state index is 0.0488. The summed E-state index contributed by atoms with van der Waals surface area (Å²) >= 11 is 1.43. The van der Waals surface area contributed by atoms with E-state index in [1.165, 1.54) is 11.3 Å². The highest BCUT2D eigenvalue weighted by Crippen LogP contribution is 2.24. The number of amides is 1. The summed E-state index contributed by atoms with van der Waals surface area (Å²) in [6.45, 7) is 8.45. The van der Waals surface area contributed by atoms with Gasteiger partial charge in [0.1, 0.15) is 15.6 Å². The summed E-state index contributed by atoms with van der Waals surface area (Å²) in [5.74, 6) is 0.859. The van der Waals surface area contributed by atoms with Crippen molar-refractivity contribution >= 4 is 29.4 Å². The molecule has 26 heavy (non-hydrogen) atoms. The van der Waals surface area contributed by atoms with Gasteiger partial charge in [0, 0.05) is 18.7 Å². The molecular weight excluding hydrogens is 350 g/mol. The number of unbranched alkanes of at least 4 members (excludes halogenated alkanes) is 1. The molecule has 3 rings (SSSR count). The first-order chi connectivity index (χ1) is 12.6. The predicted octanol–water partition coefficient (Wildman–Crippen LogP) is 3.73. The van der Waals surface area contributed by atoms with E-state index < -0.39 is 0 Å². The Morgan fingerprint density at radius 1 is 1.27 bits per heavy atom. The van der Waals surface area contributed by atoms with Crippen molar-refractivity contribution in [2.45, 2.75) is 40.0 Å². The molecule has 1 amide bonds. The van der Waals surface area contributed by atoms with Crippen LogP contribution in [0.1, 0.15) is 57.2 Å². The number of carbonyl (C=O) groups is 1. The maximum absolute atomic E-state index is 12.7. The van der Waals surface area contributed by atoms with Crippen molar-refractivity contribution in [2.75, 3.05) is 26.3 Å². The number of thiazole rings is 1. The molecule has 0 aliphatic carbocycles. The van der Waals surface area contributed by atoms with Crippen molar-refractivity contribution in [1.82, 2.24) is 15.0 Å². The molecule has 0 aromatic carbocycles. The molecule has 0 radical (unpaired) electrons. The first-order valence-corrected chi connectivity index (χ1v) is 9.89. The SMILES string of the molecule is CCCCc1noc(C)c1/C=C/c1nc(C)c(C(=O)N2CCOCC2)s1. The lowest BCUT2D eigenvalue weighted by atomic mass is 10.1. The Balaban J connectivity index is 1.76. The Bertz CT molecular complexity index is 788. The largest absolute Gasteiger partial charge is 0.378 e. The van der Waals surface area contributed by atoms with Crippen LogP contribution >= 0.6 is 11.3 Å². The van der Waals surface area contributed by atoms with Crippen LogP contribution in [0.15, 0.2) is 4.52 Å². The predicted molar refractivity (Wildman–Crippen MR) is 102 cm³/mol. The van der Waals surface area contributed by atoms with Crippen LogP contribution in [-0.4, -0.2) is 47.3 Å². The van der Waals surface area contributed by atoms with Crippen molar-refractivity contribution in [2.24, 2.45) is 0 Å². The quantitative estimate of drug-likeness (QED) is 0.769. The molecule has 6 nitrogen and oxygen atoms in total. The van der Waals surface area contributed by atoms with E-state index in [0.717, 1.165) is 47.0 Å². The zero-order valence-corrected chi connectivity index (χ0v) is 16.4. The fourth-order valence-corrected chi connectivity index (χ4v) is 3.85. The summed E-state index contributed by atoms with van der Waals surface area (Å²) in [5.41, 5.74) is 2.78. The summed E-state index contributed by atoms with van der Waals surface area (Å²) in [7, 11) is 0. The molecule has 0 saturated carbocycles. The molecule has 0 bridgehead atoms. The minimum Gasteiger partial charge on any atom is -0.378 e. The Hall–Kier alpha value is -1.99. The van der Waals surface area contributed by atoms with Crippen LogP contribution in [0.4, 0.5) is 0 Å². The second-order valence-corrected chi connectivity index (χ2v) is 7.44. The fraction of sp³-hybridized carbons (Fsp3) is 0.526. The van der Waals surface area contributed by atoms with E-state index in [9.17, 15) is 4.79 Å². The topological polar surface area (TPSA) is 68.5 Å². The summed E-state index contributed by atoms with van der Waals surface area (Å²) in [6, 6.07) is 0.